The molecule has 0 spiro atoms. The van der Waals surface area contributed by atoms with E-state index in [1.54, 1.807) is 32.4 Å². The zero-order valence-electron chi connectivity index (χ0n) is 12.4. The Labute approximate surface area is 119 Å². The Morgan fingerprint density at radius 2 is 1.75 bits per heavy atom. The van der Waals surface area contributed by atoms with Crippen LogP contribution < -0.4 is 9.47 Å². The van der Waals surface area contributed by atoms with Crippen molar-refractivity contribution in [3.63, 3.8) is 0 Å². The molecule has 1 aromatic carbocycles. The number of nitrogens with zero attached hydrogens (tertiary/aromatic N) is 1. The summed E-state index contributed by atoms with van der Waals surface area (Å²) in [5, 5.41) is 0. The summed E-state index contributed by atoms with van der Waals surface area (Å²) in [6, 6.07) is 5.37. The van der Waals surface area contributed by atoms with Gasteiger partial charge >= 0.3 is 0 Å². The summed E-state index contributed by atoms with van der Waals surface area (Å²) in [5.74, 6) is 1.17. The fourth-order valence-corrected chi connectivity index (χ4v) is 2.52. The van der Waals surface area contributed by atoms with Crippen LogP contribution in [0.4, 0.5) is 0 Å². The van der Waals surface area contributed by atoms with E-state index in [1.807, 2.05) is 18.7 Å². The van der Waals surface area contributed by atoms with Crippen molar-refractivity contribution < 1.29 is 19.0 Å². The predicted octanol–water partition coefficient (Wildman–Crippen LogP) is 1.95. The van der Waals surface area contributed by atoms with E-state index in [0.717, 1.165) is 0 Å². The Morgan fingerprint density at radius 1 is 1.15 bits per heavy atom. The fourth-order valence-electron chi connectivity index (χ4n) is 2.52. The number of carbonyl (C=O) groups is 1. The van der Waals surface area contributed by atoms with Crippen LogP contribution in [0.3, 0.4) is 0 Å². The number of amides is 1. The number of morpholine rings is 1. The van der Waals surface area contributed by atoms with Crippen LogP contribution in [-0.2, 0) is 4.74 Å². The van der Waals surface area contributed by atoms with Gasteiger partial charge in [-0.15, -0.1) is 0 Å². The quantitative estimate of drug-likeness (QED) is 0.848. The molecule has 20 heavy (non-hydrogen) atoms. The highest BCUT2D eigenvalue weighted by Gasteiger charge is 2.30. The third kappa shape index (κ3) is 2.72. The molecule has 1 aliphatic heterocycles. The molecule has 1 amide bonds. The Bertz CT molecular complexity index is 479. The minimum Gasteiger partial charge on any atom is -0.493 e. The molecule has 1 heterocycles. The first-order chi connectivity index (χ1) is 9.58. The summed E-state index contributed by atoms with van der Waals surface area (Å²) >= 11 is 0. The minimum absolute atomic E-state index is 0.00532. The average molecular weight is 279 g/mol. The second-order valence-corrected chi connectivity index (χ2v) is 5.02. The largest absolute Gasteiger partial charge is 0.493 e. The van der Waals surface area contributed by atoms with Crippen LogP contribution in [0.2, 0.25) is 0 Å². The van der Waals surface area contributed by atoms with Crippen molar-refractivity contribution in [2.45, 2.75) is 25.9 Å². The Morgan fingerprint density at radius 3 is 2.30 bits per heavy atom. The molecule has 110 valence electrons. The molecule has 1 aromatic rings. The molecule has 0 bridgehead atoms. The van der Waals surface area contributed by atoms with Gasteiger partial charge < -0.3 is 19.1 Å². The van der Waals surface area contributed by atoms with Gasteiger partial charge in [-0.2, -0.15) is 0 Å². The summed E-state index contributed by atoms with van der Waals surface area (Å²) in [4.78, 5) is 14.5. The first-order valence-corrected chi connectivity index (χ1v) is 6.71. The van der Waals surface area contributed by atoms with Crippen molar-refractivity contribution in [2.24, 2.45) is 0 Å². The topological polar surface area (TPSA) is 48.0 Å². The summed E-state index contributed by atoms with van der Waals surface area (Å²) in [7, 11) is 3.14. The van der Waals surface area contributed by atoms with Crippen LogP contribution in [0, 0.1) is 0 Å². The van der Waals surface area contributed by atoms with E-state index in [9.17, 15) is 4.79 Å². The van der Waals surface area contributed by atoms with Crippen molar-refractivity contribution in [1.82, 2.24) is 4.90 Å². The molecule has 2 unspecified atom stereocenters. The lowest BCUT2D eigenvalue weighted by Crippen LogP contribution is -2.52. The molecular formula is C15H21NO4. The smallest absolute Gasteiger partial charge is 0.254 e. The zero-order valence-corrected chi connectivity index (χ0v) is 12.4. The number of hydrogen-bond acceptors (Lipinski definition) is 4. The number of rotatable bonds is 3. The molecule has 1 fully saturated rings. The van der Waals surface area contributed by atoms with Crippen molar-refractivity contribution in [2.75, 3.05) is 27.4 Å². The number of ether oxygens (including phenoxy) is 3. The van der Waals surface area contributed by atoms with Crippen LogP contribution in [0.5, 0.6) is 11.5 Å². The fraction of sp³-hybridized carbons (Fsp3) is 0.533. The van der Waals surface area contributed by atoms with Gasteiger partial charge in [-0.05, 0) is 32.0 Å². The van der Waals surface area contributed by atoms with Crippen molar-refractivity contribution >= 4 is 5.91 Å². The number of hydrogen-bond donors (Lipinski definition) is 0. The number of methoxy groups -OCH3 is 2. The summed E-state index contributed by atoms with van der Waals surface area (Å²) < 4.78 is 15.9. The van der Waals surface area contributed by atoms with Crippen molar-refractivity contribution in [3.05, 3.63) is 23.8 Å². The lowest BCUT2D eigenvalue weighted by molar-refractivity contribution is -0.0249. The molecule has 0 aromatic heterocycles. The van der Waals surface area contributed by atoms with E-state index < -0.39 is 0 Å². The molecule has 1 aliphatic rings. The third-order valence-corrected chi connectivity index (χ3v) is 3.53. The molecular weight excluding hydrogens is 258 g/mol. The van der Waals surface area contributed by atoms with Gasteiger partial charge in [0.2, 0.25) is 0 Å². The van der Waals surface area contributed by atoms with Gasteiger partial charge in [0.05, 0.1) is 39.5 Å². The van der Waals surface area contributed by atoms with E-state index in [0.29, 0.717) is 30.3 Å². The monoisotopic (exact) mass is 279 g/mol. The zero-order chi connectivity index (χ0) is 14.7. The highest BCUT2D eigenvalue weighted by atomic mass is 16.5. The SMILES string of the molecule is COc1ccc(C(=O)N2C(C)COCC2C)cc1OC. The third-order valence-electron chi connectivity index (χ3n) is 3.53. The molecule has 0 N–H and O–H groups in total. The predicted molar refractivity (Wildman–Crippen MR) is 75.5 cm³/mol. The summed E-state index contributed by atoms with van der Waals surface area (Å²) in [5.41, 5.74) is 0.600. The van der Waals surface area contributed by atoms with Gasteiger partial charge in [-0.3, -0.25) is 4.79 Å². The standard InChI is InChI=1S/C15H21NO4/c1-10-8-20-9-11(2)16(10)15(17)12-5-6-13(18-3)14(7-12)19-4/h5-7,10-11H,8-9H2,1-4H3. The van der Waals surface area contributed by atoms with Gasteiger partial charge in [-0.1, -0.05) is 0 Å². The second kappa shape index (κ2) is 6.13. The molecule has 2 atom stereocenters. The summed E-state index contributed by atoms with van der Waals surface area (Å²) in [6.07, 6.45) is 0. The van der Waals surface area contributed by atoms with E-state index in [2.05, 4.69) is 0 Å². The average Bonchev–Trinajstić information content (AvgIpc) is 2.46. The summed E-state index contributed by atoms with van der Waals surface area (Å²) in [6.45, 7) is 5.13. The molecule has 1 saturated heterocycles. The van der Waals surface area contributed by atoms with Gasteiger partial charge in [0.15, 0.2) is 11.5 Å². The Kier molecular flexibility index (Phi) is 4.49. The highest BCUT2D eigenvalue weighted by Crippen LogP contribution is 2.29. The van der Waals surface area contributed by atoms with Crippen molar-refractivity contribution in [1.29, 1.82) is 0 Å². The van der Waals surface area contributed by atoms with Crippen LogP contribution in [0.25, 0.3) is 0 Å². The van der Waals surface area contributed by atoms with Crippen LogP contribution in [0.15, 0.2) is 18.2 Å². The first kappa shape index (κ1) is 14.7. The van der Waals surface area contributed by atoms with E-state index >= 15 is 0 Å². The van der Waals surface area contributed by atoms with E-state index in [4.69, 9.17) is 14.2 Å². The lowest BCUT2D eigenvalue weighted by Gasteiger charge is -2.38. The van der Waals surface area contributed by atoms with E-state index in [1.165, 1.54) is 0 Å². The Hall–Kier alpha value is -1.75. The van der Waals surface area contributed by atoms with Crippen LogP contribution >= 0.6 is 0 Å². The molecule has 0 saturated carbocycles. The first-order valence-electron chi connectivity index (χ1n) is 6.71. The molecule has 0 aliphatic carbocycles. The normalized spacial score (nSPS) is 22.5. The molecule has 5 nitrogen and oxygen atoms in total. The van der Waals surface area contributed by atoms with Gasteiger partial charge in [-0.25, -0.2) is 0 Å². The maximum atomic E-state index is 12.7. The van der Waals surface area contributed by atoms with Gasteiger partial charge in [0, 0.05) is 5.56 Å². The maximum Gasteiger partial charge on any atom is 0.254 e. The van der Waals surface area contributed by atoms with E-state index in [-0.39, 0.29) is 18.0 Å². The lowest BCUT2D eigenvalue weighted by atomic mass is 10.1. The molecule has 2 rings (SSSR count). The number of benzene rings is 1. The Balaban J connectivity index is 2.28. The van der Waals surface area contributed by atoms with Crippen LogP contribution in [0.1, 0.15) is 24.2 Å². The minimum atomic E-state index is -0.00532. The van der Waals surface area contributed by atoms with Gasteiger partial charge in [0.1, 0.15) is 0 Å². The highest BCUT2D eigenvalue weighted by molar-refractivity contribution is 5.95. The van der Waals surface area contributed by atoms with Gasteiger partial charge in [0.25, 0.3) is 5.91 Å². The molecule has 0 radical (unpaired) electrons. The second-order valence-electron chi connectivity index (χ2n) is 5.02. The van der Waals surface area contributed by atoms with Crippen LogP contribution in [-0.4, -0.2) is 50.3 Å². The molecule has 5 heteroatoms. The van der Waals surface area contributed by atoms with Crippen molar-refractivity contribution in [3.8, 4) is 11.5 Å². The maximum absolute atomic E-state index is 12.7. The number of carbonyl (C=O) groups excluding carboxylic acids is 1.